The summed E-state index contributed by atoms with van der Waals surface area (Å²) in [6.45, 7) is 4.10. The Morgan fingerprint density at radius 1 is 1.00 bits per heavy atom. The number of ketones is 1. The maximum atomic E-state index is 12.4. The van der Waals surface area contributed by atoms with Crippen LogP contribution in [-0.2, 0) is 0 Å². The summed E-state index contributed by atoms with van der Waals surface area (Å²) < 4.78 is 5.87. The van der Waals surface area contributed by atoms with E-state index >= 15 is 0 Å². The zero-order valence-electron chi connectivity index (χ0n) is 14.9. The van der Waals surface area contributed by atoms with Crippen LogP contribution in [0, 0.1) is 6.92 Å². The Kier molecular flexibility index (Phi) is 5.75. The molecule has 0 amide bonds. The van der Waals surface area contributed by atoms with Crippen molar-refractivity contribution in [1.82, 2.24) is 0 Å². The standard InChI is InChI=1S/C23H21ClO2/c1-16-8-10-19(11-9-16)22(25)15-26-23-13-12-20(24)14-21(23)17(2)18-6-4-3-5-7-18/h3-14,17H,15H2,1-2H3. The van der Waals surface area contributed by atoms with Gasteiger partial charge in [-0.1, -0.05) is 78.7 Å². The lowest BCUT2D eigenvalue weighted by Gasteiger charge is -2.18. The molecule has 3 aromatic carbocycles. The molecule has 0 aliphatic heterocycles. The van der Waals surface area contributed by atoms with E-state index in [-0.39, 0.29) is 18.3 Å². The minimum absolute atomic E-state index is 0.000791. The monoisotopic (exact) mass is 364 g/mol. The second-order valence-electron chi connectivity index (χ2n) is 6.39. The van der Waals surface area contributed by atoms with E-state index < -0.39 is 0 Å². The topological polar surface area (TPSA) is 26.3 Å². The van der Waals surface area contributed by atoms with Crippen LogP contribution < -0.4 is 4.74 Å². The molecule has 0 bridgehead atoms. The summed E-state index contributed by atoms with van der Waals surface area (Å²) in [4.78, 5) is 12.4. The number of Topliss-reactive ketones (excluding diaryl/α,β-unsaturated/α-hetero) is 1. The van der Waals surface area contributed by atoms with Crippen molar-refractivity contribution in [3.63, 3.8) is 0 Å². The molecule has 0 radical (unpaired) electrons. The number of halogens is 1. The van der Waals surface area contributed by atoms with Crippen LogP contribution in [0.2, 0.25) is 5.02 Å². The maximum absolute atomic E-state index is 12.4. The molecule has 0 aromatic heterocycles. The minimum Gasteiger partial charge on any atom is -0.485 e. The fraction of sp³-hybridized carbons (Fsp3) is 0.174. The average molecular weight is 365 g/mol. The summed E-state index contributed by atoms with van der Waals surface area (Å²) >= 11 is 6.20. The highest BCUT2D eigenvalue weighted by Crippen LogP contribution is 2.33. The normalized spacial score (nSPS) is 11.8. The Hall–Kier alpha value is -2.58. The lowest BCUT2D eigenvalue weighted by atomic mass is 9.92. The molecular formula is C23H21ClO2. The SMILES string of the molecule is Cc1ccc(C(=O)COc2ccc(Cl)cc2C(C)c2ccccc2)cc1. The van der Waals surface area contributed by atoms with Crippen LogP contribution >= 0.6 is 11.6 Å². The van der Waals surface area contributed by atoms with Gasteiger partial charge in [0.15, 0.2) is 12.4 Å². The van der Waals surface area contributed by atoms with Crippen LogP contribution in [-0.4, -0.2) is 12.4 Å². The van der Waals surface area contributed by atoms with Crippen molar-refractivity contribution in [3.05, 3.63) is 100 Å². The molecule has 0 N–H and O–H groups in total. The third-order valence-corrected chi connectivity index (χ3v) is 4.71. The molecule has 0 fully saturated rings. The van der Waals surface area contributed by atoms with Crippen molar-refractivity contribution in [2.75, 3.05) is 6.61 Å². The molecule has 0 aliphatic rings. The van der Waals surface area contributed by atoms with Crippen molar-refractivity contribution >= 4 is 17.4 Å². The van der Waals surface area contributed by atoms with Gasteiger partial charge in [-0.3, -0.25) is 4.79 Å². The second kappa shape index (κ2) is 8.20. The second-order valence-corrected chi connectivity index (χ2v) is 6.83. The first-order valence-electron chi connectivity index (χ1n) is 8.61. The zero-order chi connectivity index (χ0) is 18.5. The number of aryl methyl sites for hydroxylation is 1. The number of ether oxygens (including phenoxy) is 1. The number of rotatable bonds is 6. The number of carbonyl (C=O) groups excluding carboxylic acids is 1. The summed E-state index contributed by atoms with van der Waals surface area (Å²) in [5, 5.41) is 0.653. The van der Waals surface area contributed by atoms with Gasteiger partial charge in [0, 0.05) is 22.1 Å². The number of hydrogen-bond donors (Lipinski definition) is 0. The first-order chi connectivity index (χ1) is 12.5. The van der Waals surface area contributed by atoms with E-state index in [1.165, 1.54) is 5.56 Å². The fourth-order valence-electron chi connectivity index (χ4n) is 2.88. The Bertz CT molecular complexity index is 886. The highest BCUT2D eigenvalue weighted by atomic mass is 35.5. The molecule has 2 nitrogen and oxygen atoms in total. The van der Waals surface area contributed by atoms with Crippen molar-refractivity contribution in [2.45, 2.75) is 19.8 Å². The highest BCUT2D eigenvalue weighted by Gasteiger charge is 2.16. The van der Waals surface area contributed by atoms with Gasteiger partial charge in [-0.2, -0.15) is 0 Å². The lowest BCUT2D eigenvalue weighted by Crippen LogP contribution is -2.13. The minimum atomic E-state index is -0.0433. The Balaban J connectivity index is 1.80. The van der Waals surface area contributed by atoms with E-state index in [9.17, 15) is 4.79 Å². The summed E-state index contributed by atoms with van der Waals surface area (Å²) in [7, 11) is 0. The predicted octanol–water partition coefficient (Wildman–Crippen LogP) is 6.06. The Labute approximate surface area is 159 Å². The van der Waals surface area contributed by atoms with E-state index in [1.54, 1.807) is 6.07 Å². The van der Waals surface area contributed by atoms with Crippen molar-refractivity contribution < 1.29 is 9.53 Å². The Morgan fingerprint density at radius 3 is 2.38 bits per heavy atom. The van der Waals surface area contributed by atoms with E-state index in [4.69, 9.17) is 16.3 Å². The molecule has 0 saturated heterocycles. The van der Waals surface area contributed by atoms with E-state index in [0.717, 1.165) is 11.1 Å². The van der Waals surface area contributed by atoms with Gasteiger partial charge in [-0.05, 0) is 30.7 Å². The van der Waals surface area contributed by atoms with Gasteiger partial charge >= 0.3 is 0 Å². The number of carbonyl (C=O) groups is 1. The summed E-state index contributed by atoms with van der Waals surface area (Å²) in [5.41, 5.74) is 3.92. The van der Waals surface area contributed by atoms with Crippen LogP contribution in [0.1, 0.15) is 39.9 Å². The van der Waals surface area contributed by atoms with E-state index in [1.807, 2.05) is 61.5 Å². The van der Waals surface area contributed by atoms with E-state index in [2.05, 4.69) is 19.1 Å². The van der Waals surface area contributed by atoms with Gasteiger partial charge in [0.05, 0.1) is 0 Å². The third-order valence-electron chi connectivity index (χ3n) is 4.47. The largest absolute Gasteiger partial charge is 0.485 e. The van der Waals surface area contributed by atoms with Gasteiger partial charge in [0.1, 0.15) is 5.75 Å². The van der Waals surface area contributed by atoms with Gasteiger partial charge < -0.3 is 4.74 Å². The van der Waals surface area contributed by atoms with Crippen LogP contribution in [0.5, 0.6) is 5.75 Å². The lowest BCUT2D eigenvalue weighted by molar-refractivity contribution is 0.0920. The molecule has 0 aliphatic carbocycles. The van der Waals surface area contributed by atoms with Crippen molar-refractivity contribution in [2.24, 2.45) is 0 Å². The predicted molar refractivity (Wildman–Crippen MR) is 106 cm³/mol. The molecule has 1 unspecified atom stereocenters. The molecule has 132 valence electrons. The average Bonchev–Trinajstić information content (AvgIpc) is 2.67. The highest BCUT2D eigenvalue weighted by molar-refractivity contribution is 6.30. The first-order valence-corrected chi connectivity index (χ1v) is 8.99. The molecule has 0 spiro atoms. The summed E-state index contributed by atoms with van der Waals surface area (Å²) in [5.74, 6) is 0.754. The third kappa shape index (κ3) is 4.33. The molecule has 3 heteroatoms. The van der Waals surface area contributed by atoms with Crippen LogP contribution in [0.15, 0.2) is 72.8 Å². The van der Waals surface area contributed by atoms with E-state index in [0.29, 0.717) is 16.3 Å². The molecule has 3 aromatic rings. The molecule has 0 heterocycles. The maximum Gasteiger partial charge on any atom is 0.200 e. The number of benzene rings is 3. The summed E-state index contributed by atoms with van der Waals surface area (Å²) in [6, 6.07) is 23.2. The van der Waals surface area contributed by atoms with Gasteiger partial charge in [-0.25, -0.2) is 0 Å². The van der Waals surface area contributed by atoms with Crippen LogP contribution in [0.4, 0.5) is 0 Å². The number of hydrogen-bond acceptors (Lipinski definition) is 2. The molecular weight excluding hydrogens is 344 g/mol. The van der Waals surface area contributed by atoms with Gasteiger partial charge in [0.2, 0.25) is 0 Å². The molecule has 26 heavy (non-hydrogen) atoms. The summed E-state index contributed by atoms with van der Waals surface area (Å²) in [6.07, 6.45) is 0. The Morgan fingerprint density at radius 2 is 1.69 bits per heavy atom. The smallest absolute Gasteiger partial charge is 0.200 e. The fourth-order valence-corrected chi connectivity index (χ4v) is 3.06. The first kappa shape index (κ1) is 18.2. The zero-order valence-corrected chi connectivity index (χ0v) is 15.7. The molecule has 0 saturated carbocycles. The van der Waals surface area contributed by atoms with Crippen molar-refractivity contribution in [1.29, 1.82) is 0 Å². The van der Waals surface area contributed by atoms with Crippen molar-refractivity contribution in [3.8, 4) is 5.75 Å². The van der Waals surface area contributed by atoms with Gasteiger partial charge in [0.25, 0.3) is 0 Å². The van der Waals surface area contributed by atoms with Crippen LogP contribution in [0.25, 0.3) is 0 Å². The van der Waals surface area contributed by atoms with Crippen LogP contribution in [0.3, 0.4) is 0 Å². The molecule has 3 rings (SSSR count). The molecule has 1 atom stereocenters. The quantitative estimate of drug-likeness (QED) is 0.497. The van der Waals surface area contributed by atoms with Gasteiger partial charge in [-0.15, -0.1) is 0 Å².